The molecule has 0 spiro atoms. The average molecular weight is 389 g/mol. The molecule has 0 aromatic heterocycles. The lowest BCUT2D eigenvalue weighted by molar-refractivity contribution is -0.149. The van der Waals surface area contributed by atoms with Gasteiger partial charge in [0.15, 0.2) is 9.84 Å². The van der Waals surface area contributed by atoms with Gasteiger partial charge in [-0.2, -0.15) is 0 Å². The zero-order chi connectivity index (χ0) is 20.3. The third-order valence-corrected chi connectivity index (χ3v) is 7.50. The molecular weight excluding hydrogens is 356 g/mol. The zero-order valence-corrected chi connectivity index (χ0v) is 17.1. The van der Waals surface area contributed by atoms with E-state index >= 15 is 0 Å². The molecule has 7 nitrogen and oxygen atoms in total. The highest BCUT2D eigenvalue weighted by Gasteiger charge is 2.57. The molecule has 4 atom stereocenters. The maximum atomic E-state index is 12.8. The number of rotatable bonds is 8. The summed E-state index contributed by atoms with van der Waals surface area (Å²) >= 11 is 0. The predicted octanol–water partition coefficient (Wildman–Crippen LogP) is 1.89. The summed E-state index contributed by atoms with van der Waals surface area (Å²) in [7, 11) is -3.53. The molecule has 1 aliphatic carbocycles. The Morgan fingerprint density at radius 3 is 2.31 bits per heavy atom. The second-order valence-electron chi connectivity index (χ2n) is 8.08. The Hall–Kier alpha value is -1.41. The Bertz CT molecular complexity index is 667. The molecular formula is C18H32N2O5S. The zero-order valence-electron chi connectivity index (χ0n) is 16.3. The number of nitrogens with two attached hydrogens (primary N) is 1. The molecule has 0 saturated heterocycles. The molecule has 26 heavy (non-hydrogen) atoms. The SMILES string of the molecule is CC(C)=C[C@@H](C(=O)NN)[C@H](C(=O)O)C1CCCC1(CC(C)C)S(C)(=O)=O. The first kappa shape index (κ1) is 22.6. The van der Waals surface area contributed by atoms with E-state index in [1.807, 2.05) is 19.3 Å². The van der Waals surface area contributed by atoms with Gasteiger partial charge in [-0.05, 0) is 44.9 Å². The Labute approximate surface area is 156 Å². The van der Waals surface area contributed by atoms with Crippen molar-refractivity contribution < 1.29 is 23.1 Å². The van der Waals surface area contributed by atoms with Crippen molar-refractivity contribution in [2.24, 2.45) is 29.5 Å². The molecule has 0 heterocycles. The van der Waals surface area contributed by atoms with E-state index in [1.54, 1.807) is 19.9 Å². The largest absolute Gasteiger partial charge is 0.481 e. The number of carbonyl (C=O) groups is 2. The minimum Gasteiger partial charge on any atom is -0.481 e. The highest BCUT2D eigenvalue weighted by atomic mass is 32.2. The van der Waals surface area contributed by atoms with Crippen LogP contribution in [-0.4, -0.2) is 36.4 Å². The van der Waals surface area contributed by atoms with Crippen LogP contribution in [0.25, 0.3) is 0 Å². The van der Waals surface area contributed by atoms with Gasteiger partial charge in [-0.3, -0.25) is 15.0 Å². The summed E-state index contributed by atoms with van der Waals surface area (Å²) in [5.74, 6) is 0.780. The molecule has 1 fully saturated rings. The van der Waals surface area contributed by atoms with E-state index in [-0.39, 0.29) is 5.92 Å². The summed E-state index contributed by atoms with van der Waals surface area (Å²) in [5, 5.41) is 9.95. The van der Waals surface area contributed by atoms with Crippen LogP contribution in [0.3, 0.4) is 0 Å². The fraction of sp³-hybridized carbons (Fsp3) is 0.778. The van der Waals surface area contributed by atoms with Crippen LogP contribution in [0.2, 0.25) is 0 Å². The lowest BCUT2D eigenvalue weighted by atomic mass is 9.72. The lowest BCUT2D eigenvalue weighted by Gasteiger charge is -2.39. The quantitative estimate of drug-likeness (QED) is 0.252. The summed E-state index contributed by atoms with van der Waals surface area (Å²) in [5.41, 5.74) is 2.81. The normalized spacial score (nSPS) is 25.6. The van der Waals surface area contributed by atoms with E-state index in [1.165, 1.54) is 6.26 Å². The highest BCUT2D eigenvalue weighted by Crippen LogP contribution is 2.51. The number of carbonyl (C=O) groups excluding carboxylic acids is 1. The molecule has 2 unspecified atom stereocenters. The minimum absolute atomic E-state index is 0.0880. The number of nitrogens with one attached hydrogen (secondary N) is 1. The summed E-state index contributed by atoms with van der Waals surface area (Å²) in [6.45, 7) is 7.39. The van der Waals surface area contributed by atoms with Crippen LogP contribution in [0, 0.1) is 23.7 Å². The number of hydrogen-bond donors (Lipinski definition) is 3. The third-order valence-electron chi connectivity index (χ3n) is 5.35. The number of allylic oxidation sites excluding steroid dienone is 1. The fourth-order valence-electron chi connectivity index (χ4n) is 4.51. The molecule has 1 saturated carbocycles. The van der Waals surface area contributed by atoms with Crippen LogP contribution in [0.4, 0.5) is 0 Å². The van der Waals surface area contributed by atoms with Gasteiger partial charge in [0.05, 0.1) is 16.6 Å². The van der Waals surface area contributed by atoms with E-state index in [4.69, 9.17) is 5.84 Å². The van der Waals surface area contributed by atoms with Gasteiger partial charge in [0, 0.05) is 6.26 Å². The van der Waals surface area contributed by atoms with Crippen LogP contribution in [-0.2, 0) is 19.4 Å². The lowest BCUT2D eigenvalue weighted by Crippen LogP contribution is -2.51. The van der Waals surface area contributed by atoms with Crippen molar-refractivity contribution in [3.8, 4) is 0 Å². The third kappa shape index (κ3) is 4.65. The van der Waals surface area contributed by atoms with E-state index in [0.29, 0.717) is 25.7 Å². The monoisotopic (exact) mass is 388 g/mol. The van der Waals surface area contributed by atoms with Gasteiger partial charge in [0.25, 0.3) is 0 Å². The van der Waals surface area contributed by atoms with E-state index in [0.717, 1.165) is 5.57 Å². The van der Waals surface area contributed by atoms with Gasteiger partial charge in [0.2, 0.25) is 5.91 Å². The maximum Gasteiger partial charge on any atom is 0.307 e. The Balaban J connectivity index is 3.57. The average Bonchev–Trinajstić information content (AvgIpc) is 2.88. The molecule has 0 aliphatic heterocycles. The van der Waals surface area contributed by atoms with Gasteiger partial charge in [-0.15, -0.1) is 0 Å². The molecule has 4 N–H and O–H groups in total. The minimum atomic E-state index is -3.53. The van der Waals surface area contributed by atoms with Crippen molar-refractivity contribution in [3.05, 3.63) is 11.6 Å². The predicted molar refractivity (Wildman–Crippen MR) is 101 cm³/mol. The van der Waals surface area contributed by atoms with Gasteiger partial charge in [0.1, 0.15) is 0 Å². The van der Waals surface area contributed by atoms with Crippen LogP contribution < -0.4 is 11.3 Å². The van der Waals surface area contributed by atoms with Crippen molar-refractivity contribution in [1.82, 2.24) is 5.43 Å². The Kier molecular flexibility index (Phi) is 7.42. The molecule has 8 heteroatoms. The standard InChI is InChI=1S/C18H32N2O5S/c1-11(2)9-13(16(21)20-19)15(17(22)23)14-7-6-8-18(14,10-12(3)4)26(5,24)25/h9,12-15H,6-8,10,19H2,1-5H3,(H,20,21)(H,22,23)/t13-,14?,15+,18?/m1/s1. The molecule has 0 aromatic carbocycles. The van der Waals surface area contributed by atoms with Crippen LogP contribution in [0.1, 0.15) is 53.4 Å². The summed E-state index contributed by atoms with van der Waals surface area (Å²) in [6, 6.07) is 0. The van der Waals surface area contributed by atoms with Crippen molar-refractivity contribution in [1.29, 1.82) is 0 Å². The molecule has 0 aromatic rings. The highest BCUT2D eigenvalue weighted by molar-refractivity contribution is 7.92. The van der Waals surface area contributed by atoms with E-state index in [9.17, 15) is 23.1 Å². The van der Waals surface area contributed by atoms with Crippen LogP contribution in [0.15, 0.2) is 11.6 Å². The van der Waals surface area contributed by atoms with E-state index < -0.39 is 44.2 Å². The van der Waals surface area contributed by atoms with Crippen molar-refractivity contribution in [2.75, 3.05) is 6.26 Å². The number of hydrogen-bond acceptors (Lipinski definition) is 5. The summed E-state index contributed by atoms with van der Waals surface area (Å²) in [4.78, 5) is 24.5. The van der Waals surface area contributed by atoms with Crippen molar-refractivity contribution >= 4 is 21.7 Å². The molecule has 0 radical (unpaired) electrons. The molecule has 0 bridgehead atoms. The number of carboxylic acid groups (broad SMARTS) is 1. The second-order valence-corrected chi connectivity index (χ2v) is 10.4. The fourth-order valence-corrected chi connectivity index (χ4v) is 6.47. The van der Waals surface area contributed by atoms with Crippen LogP contribution >= 0.6 is 0 Å². The number of carboxylic acids is 1. The van der Waals surface area contributed by atoms with Gasteiger partial charge in [-0.25, -0.2) is 14.3 Å². The Morgan fingerprint density at radius 1 is 1.35 bits per heavy atom. The first-order chi connectivity index (χ1) is 11.9. The van der Waals surface area contributed by atoms with Crippen molar-refractivity contribution in [2.45, 2.75) is 58.1 Å². The first-order valence-electron chi connectivity index (χ1n) is 8.95. The van der Waals surface area contributed by atoms with Gasteiger partial charge in [-0.1, -0.05) is 31.9 Å². The Morgan fingerprint density at radius 2 is 1.92 bits per heavy atom. The van der Waals surface area contributed by atoms with Crippen molar-refractivity contribution in [3.63, 3.8) is 0 Å². The topological polar surface area (TPSA) is 127 Å². The number of aliphatic carboxylic acids is 1. The maximum absolute atomic E-state index is 12.8. The van der Waals surface area contributed by atoms with E-state index in [2.05, 4.69) is 0 Å². The van der Waals surface area contributed by atoms with Gasteiger partial charge < -0.3 is 5.11 Å². The molecule has 1 amide bonds. The number of sulfone groups is 1. The number of amides is 1. The van der Waals surface area contributed by atoms with Crippen LogP contribution in [0.5, 0.6) is 0 Å². The molecule has 150 valence electrons. The molecule has 1 rings (SSSR count). The van der Waals surface area contributed by atoms with Gasteiger partial charge >= 0.3 is 5.97 Å². The smallest absolute Gasteiger partial charge is 0.307 e. The summed E-state index contributed by atoms with van der Waals surface area (Å²) in [6.07, 6.45) is 4.64. The first-order valence-corrected chi connectivity index (χ1v) is 10.8. The number of hydrazine groups is 1. The second kappa shape index (κ2) is 8.52. The summed E-state index contributed by atoms with van der Waals surface area (Å²) < 4.78 is 24.4. The molecule has 1 aliphatic rings.